The van der Waals surface area contributed by atoms with Gasteiger partial charge in [-0.15, -0.1) is 11.3 Å². The molecule has 1 aromatic carbocycles. The molecule has 0 N–H and O–H groups in total. The minimum Gasteiger partial charge on any atom is -0.486 e. The Balaban J connectivity index is 1.79. The highest BCUT2D eigenvalue weighted by Gasteiger charge is 2.30. The normalized spacial score (nSPS) is 19.5. The van der Waals surface area contributed by atoms with E-state index in [0.717, 1.165) is 37.2 Å². The van der Waals surface area contributed by atoms with Gasteiger partial charge >= 0.3 is 6.18 Å². The van der Waals surface area contributed by atoms with Gasteiger partial charge in [0, 0.05) is 30.0 Å². The highest BCUT2D eigenvalue weighted by Crippen LogP contribution is 2.35. The number of benzene rings is 1. The van der Waals surface area contributed by atoms with Crippen molar-refractivity contribution in [3.63, 3.8) is 0 Å². The number of hydrogen-bond donors (Lipinski definition) is 0. The minimum atomic E-state index is -4.32. The molecule has 1 aliphatic rings. The zero-order valence-electron chi connectivity index (χ0n) is 12.1. The van der Waals surface area contributed by atoms with Crippen LogP contribution in [0.3, 0.4) is 0 Å². The molecule has 0 bridgehead atoms. The van der Waals surface area contributed by atoms with Crippen LogP contribution in [0.5, 0.6) is 5.75 Å². The highest BCUT2D eigenvalue weighted by atomic mass is 32.1. The smallest absolute Gasteiger partial charge is 0.416 e. The Morgan fingerprint density at radius 3 is 2.59 bits per heavy atom. The van der Waals surface area contributed by atoms with Crippen molar-refractivity contribution in [1.82, 2.24) is 4.90 Å². The first-order valence-electron chi connectivity index (χ1n) is 7.02. The van der Waals surface area contributed by atoms with Crippen molar-refractivity contribution in [2.24, 2.45) is 0 Å². The monoisotopic (exact) mass is 327 g/mol. The van der Waals surface area contributed by atoms with Crippen molar-refractivity contribution < 1.29 is 17.9 Å². The first kappa shape index (κ1) is 15.4. The van der Waals surface area contributed by atoms with Crippen LogP contribution in [0.4, 0.5) is 13.2 Å². The lowest BCUT2D eigenvalue weighted by Crippen LogP contribution is -2.18. The quantitative estimate of drug-likeness (QED) is 0.791. The van der Waals surface area contributed by atoms with Gasteiger partial charge in [0.25, 0.3) is 0 Å². The van der Waals surface area contributed by atoms with Crippen LogP contribution in [0.1, 0.15) is 28.5 Å². The summed E-state index contributed by atoms with van der Waals surface area (Å²) >= 11 is 1.69. The van der Waals surface area contributed by atoms with Gasteiger partial charge in [-0.25, -0.2) is 0 Å². The van der Waals surface area contributed by atoms with Crippen molar-refractivity contribution in [3.05, 3.63) is 51.7 Å². The van der Waals surface area contributed by atoms with E-state index < -0.39 is 11.7 Å². The summed E-state index contributed by atoms with van der Waals surface area (Å²) in [5.41, 5.74) is 0.492. The summed E-state index contributed by atoms with van der Waals surface area (Å²) in [4.78, 5) is 3.49. The molecule has 118 valence electrons. The molecule has 0 saturated carbocycles. The van der Waals surface area contributed by atoms with Crippen LogP contribution in [-0.2, 0) is 12.7 Å². The molecule has 2 aromatic rings. The fourth-order valence-electron chi connectivity index (χ4n) is 2.59. The molecule has 22 heavy (non-hydrogen) atoms. The lowest BCUT2D eigenvalue weighted by atomic mass is 10.1. The number of halogens is 3. The Morgan fingerprint density at radius 2 is 1.91 bits per heavy atom. The number of nitrogens with zero attached hydrogens (tertiary/aromatic N) is 1. The van der Waals surface area contributed by atoms with Gasteiger partial charge in [0.15, 0.2) is 0 Å². The molecule has 0 fully saturated rings. The van der Waals surface area contributed by atoms with Gasteiger partial charge < -0.3 is 9.64 Å². The van der Waals surface area contributed by atoms with Crippen LogP contribution >= 0.6 is 11.3 Å². The summed E-state index contributed by atoms with van der Waals surface area (Å²) in [6.07, 6.45) is -3.60. The van der Waals surface area contributed by atoms with Gasteiger partial charge in [-0.1, -0.05) is 0 Å². The fourth-order valence-corrected chi connectivity index (χ4v) is 3.60. The largest absolute Gasteiger partial charge is 0.486 e. The zero-order valence-corrected chi connectivity index (χ0v) is 12.9. The SMILES string of the molecule is CN1CCC(Oc2ccc(C(F)(F)F)cc2)c2ccsc2C1. The van der Waals surface area contributed by atoms with Crippen molar-refractivity contribution >= 4 is 11.3 Å². The first-order valence-corrected chi connectivity index (χ1v) is 7.90. The Hall–Kier alpha value is -1.53. The van der Waals surface area contributed by atoms with Crippen molar-refractivity contribution in [1.29, 1.82) is 0 Å². The van der Waals surface area contributed by atoms with Crippen LogP contribution in [-0.4, -0.2) is 18.5 Å². The number of hydrogen-bond acceptors (Lipinski definition) is 3. The number of fused-ring (bicyclic) bond motifs is 1. The standard InChI is InChI=1S/C16H16F3NOS/c1-20-8-6-14(13-7-9-22-15(13)10-20)21-12-4-2-11(3-5-12)16(17,18)19/h2-5,7,9,14H,6,8,10H2,1H3. The van der Waals surface area contributed by atoms with Crippen molar-refractivity contribution in [2.45, 2.75) is 25.2 Å². The molecule has 6 heteroatoms. The van der Waals surface area contributed by atoms with E-state index in [0.29, 0.717) is 5.75 Å². The lowest BCUT2D eigenvalue weighted by molar-refractivity contribution is -0.137. The van der Waals surface area contributed by atoms with E-state index in [9.17, 15) is 13.2 Å². The third kappa shape index (κ3) is 3.28. The fraction of sp³-hybridized carbons (Fsp3) is 0.375. The third-order valence-corrected chi connectivity index (χ3v) is 4.69. The number of ether oxygens (including phenoxy) is 1. The van der Waals surface area contributed by atoms with Crippen molar-refractivity contribution in [2.75, 3.05) is 13.6 Å². The third-order valence-electron chi connectivity index (χ3n) is 3.77. The second-order valence-electron chi connectivity index (χ2n) is 5.45. The maximum atomic E-state index is 12.6. The molecular formula is C16H16F3NOS. The van der Waals surface area contributed by atoms with E-state index in [1.807, 2.05) is 11.4 Å². The molecule has 3 rings (SSSR count). The topological polar surface area (TPSA) is 12.5 Å². The molecule has 1 atom stereocenters. The maximum absolute atomic E-state index is 12.6. The second kappa shape index (κ2) is 5.93. The summed E-state index contributed by atoms with van der Waals surface area (Å²) in [7, 11) is 2.06. The van der Waals surface area contributed by atoms with Crippen LogP contribution in [0.15, 0.2) is 35.7 Å². The molecule has 2 nitrogen and oxygen atoms in total. The van der Waals surface area contributed by atoms with Gasteiger partial charge in [-0.3, -0.25) is 0 Å². The van der Waals surface area contributed by atoms with E-state index in [4.69, 9.17) is 4.74 Å². The average Bonchev–Trinajstić information content (AvgIpc) is 2.85. The van der Waals surface area contributed by atoms with Crippen LogP contribution in [0.25, 0.3) is 0 Å². The summed E-state index contributed by atoms with van der Waals surface area (Å²) in [6, 6.07) is 6.96. The van der Waals surface area contributed by atoms with E-state index in [1.165, 1.54) is 17.0 Å². The molecule has 0 saturated heterocycles. The van der Waals surface area contributed by atoms with Gasteiger partial charge in [0.2, 0.25) is 0 Å². The molecule has 0 amide bonds. The molecule has 0 radical (unpaired) electrons. The van der Waals surface area contributed by atoms with Gasteiger partial charge in [-0.2, -0.15) is 13.2 Å². The Labute approximate surface area is 131 Å². The molecule has 2 heterocycles. The number of alkyl halides is 3. The van der Waals surface area contributed by atoms with E-state index in [2.05, 4.69) is 11.9 Å². The summed E-state index contributed by atoms with van der Waals surface area (Å²) in [5, 5.41) is 2.03. The summed E-state index contributed by atoms with van der Waals surface area (Å²) in [6.45, 7) is 1.78. The number of thiophene rings is 1. The molecule has 1 aliphatic heterocycles. The van der Waals surface area contributed by atoms with E-state index in [-0.39, 0.29) is 6.10 Å². The van der Waals surface area contributed by atoms with E-state index >= 15 is 0 Å². The average molecular weight is 327 g/mol. The van der Waals surface area contributed by atoms with Gasteiger partial charge in [0.1, 0.15) is 11.9 Å². The predicted molar refractivity (Wildman–Crippen MR) is 80.1 cm³/mol. The first-order chi connectivity index (χ1) is 10.4. The van der Waals surface area contributed by atoms with Crippen LogP contribution in [0, 0.1) is 0 Å². The lowest BCUT2D eigenvalue weighted by Gasteiger charge is -2.18. The van der Waals surface area contributed by atoms with Gasteiger partial charge in [0.05, 0.1) is 5.56 Å². The van der Waals surface area contributed by atoms with E-state index in [1.54, 1.807) is 11.3 Å². The highest BCUT2D eigenvalue weighted by molar-refractivity contribution is 7.10. The molecule has 1 unspecified atom stereocenters. The molecule has 0 aliphatic carbocycles. The van der Waals surface area contributed by atoms with Crippen LogP contribution < -0.4 is 4.74 Å². The molecule has 1 aromatic heterocycles. The van der Waals surface area contributed by atoms with Crippen molar-refractivity contribution in [3.8, 4) is 5.75 Å². The molecule has 0 spiro atoms. The predicted octanol–water partition coefficient (Wildman–Crippen LogP) is 4.72. The Bertz CT molecular complexity index is 636. The molecular weight excluding hydrogens is 311 g/mol. The van der Waals surface area contributed by atoms with Crippen LogP contribution in [0.2, 0.25) is 0 Å². The summed E-state index contributed by atoms with van der Waals surface area (Å²) < 4.78 is 43.7. The second-order valence-corrected chi connectivity index (χ2v) is 6.45. The minimum absolute atomic E-state index is 0.108. The Morgan fingerprint density at radius 1 is 1.18 bits per heavy atom. The number of rotatable bonds is 2. The zero-order chi connectivity index (χ0) is 15.7. The maximum Gasteiger partial charge on any atom is 0.416 e. The Kier molecular flexibility index (Phi) is 4.14. The van der Waals surface area contributed by atoms with Gasteiger partial charge in [-0.05, 0) is 42.8 Å². The summed E-state index contributed by atoms with van der Waals surface area (Å²) in [5.74, 6) is 0.472.